The van der Waals surface area contributed by atoms with E-state index in [0.29, 0.717) is 6.42 Å². The maximum Gasteiger partial charge on any atom is 0.247 e. The number of carbonyl (C=O) groups is 1. The predicted octanol–water partition coefficient (Wildman–Crippen LogP) is 4.19. The highest BCUT2D eigenvalue weighted by Gasteiger charge is 2.26. The van der Waals surface area contributed by atoms with Gasteiger partial charge in [0.2, 0.25) is 5.91 Å². The highest BCUT2D eigenvalue weighted by atomic mass is 79.9. The van der Waals surface area contributed by atoms with E-state index in [2.05, 4.69) is 42.5 Å². The van der Waals surface area contributed by atoms with Crippen LogP contribution in [0.1, 0.15) is 5.56 Å². The Kier molecular flexibility index (Phi) is 3.81. The van der Waals surface area contributed by atoms with E-state index in [1.165, 1.54) is 5.56 Å². The second-order valence-corrected chi connectivity index (χ2v) is 6.44. The third-order valence-electron chi connectivity index (χ3n) is 3.27. The molecule has 0 saturated carbocycles. The first kappa shape index (κ1) is 13.6. The zero-order chi connectivity index (χ0) is 14.1. The maximum atomic E-state index is 12.3. The molecule has 1 heterocycles. The Morgan fingerprint density at radius 3 is 2.80 bits per heavy atom. The number of fused-ring (bicyclic) bond motifs is 1. The zero-order valence-corrected chi connectivity index (χ0v) is 13.7. The van der Waals surface area contributed by atoms with Crippen LogP contribution in [0.4, 0.5) is 11.4 Å². The van der Waals surface area contributed by atoms with Gasteiger partial charge in [-0.25, -0.2) is 0 Å². The first-order valence-electron chi connectivity index (χ1n) is 6.24. The van der Waals surface area contributed by atoms with E-state index in [0.717, 1.165) is 20.3 Å². The number of carbonyl (C=O) groups excluding carboxylic acids is 1. The molecule has 0 saturated heterocycles. The second kappa shape index (κ2) is 5.58. The second-order valence-electron chi connectivity index (χ2n) is 4.67. The average Bonchev–Trinajstić information content (AvgIpc) is 2.87. The monoisotopic (exact) mass is 394 g/mol. The summed E-state index contributed by atoms with van der Waals surface area (Å²) in [5, 5.41) is 6.20. The molecule has 2 N–H and O–H groups in total. The van der Waals surface area contributed by atoms with Crippen molar-refractivity contribution in [1.82, 2.24) is 0 Å². The minimum atomic E-state index is -0.224. The first-order chi connectivity index (χ1) is 9.63. The Morgan fingerprint density at radius 1 is 1.20 bits per heavy atom. The molecule has 0 bridgehead atoms. The molecule has 102 valence electrons. The molecule has 2 aromatic carbocycles. The van der Waals surface area contributed by atoms with Crippen LogP contribution >= 0.6 is 31.9 Å². The van der Waals surface area contributed by atoms with Gasteiger partial charge in [0.25, 0.3) is 0 Å². The Morgan fingerprint density at radius 2 is 2.00 bits per heavy atom. The lowest BCUT2D eigenvalue weighted by atomic mass is 10.1. The van der Waals surface area contributed by atoms with Gasteiger partial charge >= 0.3 is 0 Å². The van der Waals surface area contributed by atoms with E-state index in [1.807, 2.05) is 42.5 Å². The number of benzene rings is 2. The lowest BCUT2D eigenvalue weighted by molar-refractivity contribution is -0.116. The van der Waals surface area contributed by atoms with Crippen molar-refractivity contribution in [2.45, 2.75) is 12.5 Å². The molecule has 1 amide bonds. The number of amides is 1. The molecule has 20 heavy (non-hydrogen) atoms. The van der Waals surface area contributed by atoms with E-state index in [1.54, 1.807) is 0 Å². The molecular formula is C15H12Br2N2O. The van der Waals surface area contributed by atoms with Gasteiger partial charge in [-0.15, -0.1) is 0 Å². The summed E-state index contributed by atoms with van der Waals surface area (Å²) in [5.41, 5.74) is 2.99. The molecule has 5 heteroatoms. The van der Waals surface area contributed by atoms with Gasteiger partial charge < -0.3 is 10.6 Å². The normalized spacial score (nSPS) is 16.4. The lowest BCUT2D eigenvalue weighted by Gasteiger charge is -2.13. The van der Waals surface area contributed by atoms with Crippen LogP contribution in [0.3, 0.4) is 0 Å². The number of hydrogen-bond acceptors (Lipinski definition) is 2. The van der Waals surface area contributed by atoms with Crippen LogP contribution in [-0.2, 0) is 11.2 Å². The number of para-hydroxylation sites is 1. The van der Waals surface area contributed by atoms with Crippen LogP contribution in [0.2, 0.25) is 0 Å². The van der Waals surface area contributed by atoms with Crippen LogP contribution in [-0.4, -0.2) is 11.9 Å². The van der Waals surface area contributed by atoms with Crippen LogP contribution in [0.5, 0.6) is 0 Å². The Bertz CT molecular complexity index is 648. The van der Waals surface area contributed by atoms with E-state index in [4.69, 9.17) is 0 Å². The minimum absolute atomic E-state index is 0.0278. The van der Waals surface area contributed by atoms with E-state index < -0.39 is 0 Å². The standard InChI is InChI=1S/C15H12Br2N2O/c16-10-5-6-11(17)13(8-10)19-15(20)14-7-9-3-1-2-4-12(9)18-14/h1-6,8,14,18H,7H2,(H,19,20). The van der Waals surface area contributed by atoms with Crippen molar-refractivity contribution in [2.24, 2.45) is 0 Å². The molecule has 3 rings (SSSR count). The number of hydrogen-bond donors (Lipinski definition) is 2. The number of halogens is 2. The highest BCUT2D eigenvalue weighted by Crippen LogP contribution is 2.29. The third kappa shape index (κ3) is 2.74. The van der Waals surface area contributed by atoms with Crippen LogP contribution in [0.15, 0.2) is 51.4 Å². The summed E-state index contributed by atoms with van der Waals surface area (Å²) in [6.45, 7) is 0. The van der Waals surface area contributed by atoms with Crippen molar-refractivity contribution < 1.29 is 4.79 Å². The summed E-state index contributed by atoms with van der Waals surface area (Å²) in [7, 11) is 0. The number of rotatable bonds is 2. The fourth-order valence-corrected chi connectivity index (χ4v) is 2.98. The summed E-state index contributed by atoms with van der Waals surface area (Å²) in [6, 6.07) is 13.5. The molecular weight excluding hydrogens is 384 g/mol. The van der Waals surface area contributed by atoms with Crippen molar-refractivity contribution in [1.29, 1.82) is 0 Å². The average molecular weight is 396 g/mol. The Labute approximate surface area is 134 Å². The molecule has 3 nitrogen and oxygen atoms in total. The van der Waals surface area contributed by atoms with Gasteiger partial charge in [-0.2, -0.15) is 0 Å². The summed E-state index contributed by atoms with van der Waals surface area (Å²) >= 11 is 6.85. The largest absolute Gasteiger partial charge is 0.373 e. The molecule has 0 fully saturated rings. The summed E-state index contributed by atoms with van der Waals surface area (Å²) < 4.78 is 1.79. The SMILES string of the molecule is O=C(Nc1cc(Br)ccc1Br)C1Cc2ccccc2N1. The van der Waals surface area contributed by atoms with Gasteiger partial charge in [-0.3, -0.25) is 4.79 Å². The number of anilines is 2. The maximum absolute atomic E-state index is 12.3. The minimum Gasteiger partial charge on any atom is -0.373 e. The fraction of sp³-hybridized carbons (Fsp3) is 0.133. The third-order valence-corrected chi connectivity index (χ3v) is 4.46. The Balaban J connectivity index is 1.74. The molecule has 2 aromatic rings. The topological polar surface area (TPSA) is 41.1 Å². The van der Waals surface area contributed by atoms with Crippen LogP contribution < -0.4 is 10.6 Å². The smallest absolute Gasteiger partial charge is 0.247 e. The van der Waals surface area contributed by atoms with Crippen LogP contribution in [0.25, 0.3) is 0 Å². The molecule has 0 aliphatic carbocycles. The Hall–Kier alpha value is -1.33. The van der Waals surface area contributed by atoms with Gasteiger partial charge in [0.1, 0.15) is 6.04 Å². The molecule has 1 aliphatic heterocycles. The molecule has 0 spiro atoms. The van der Waals surface area contributed by atoms with Crippen molar-refractivity contribution in [2.75, 3.05) is 10.6 Å². The number of nitrogens with one attached hydrogen (secondary N) is 2. The fourth-order valence-electron chi connectivity index (χ4n) is 2.27. The summed E-state index contributed by atoms with van der Waals surface area (Å²) in [5.74, 6) is -0.0278. The van der Waals surface area contributed by atoms with Gasteiger partial charge in [0, 0.05) is 21.1 Å². The molecule has 1 aliphatic rings. The van der Waals surface area contributed by atoms with Gasteiger partial charge in [0.05, 0.1) is 5.69 Å². The molecule has 0 aromatic heterocycles. The zero-order valence-electron chi connectivity index (χ0n) is 10.5. The molecule has 1 unspecified atom stereocenters. The van der Waals surface area contributed by atoms with Crippen molar-refractivity contribution in [3.05, 3.63) is 57.0 Å². The van der Waals surface area contributed by atoms with E-state index in [9.17, 15) is 4.79 Å². The van der Waals surface area contributed by atoms with Gasteiger partial charge in [-0.1, -0.05) is 34.1 Å². The molecule has 0 radical (unpaired) electrons. The van der Waals surface area contributed by atoms with Gasteiger partial charge in [-0.05, 0) is 45.8 Å². The molecule has 1 atom stereocenters. The van der Waals surface area contributed by atoms with Gasteiger partial charge in [0.15, 0.2) is 0 Å². The first-order valence-corrected chi connectivity index (χ1v) is 7.82. The summed E-state index contributed by atoms with van der Waals surface area (Å²) in [6.07, 6.45) is 0.716. The van der Waals surface area contributed by atoms with Crippen LogP contribution in [0, 0.1) is 0 Å². The quantitative estimate of drug-likeness (QED) is 0.800. The highest BCUT2D eigenvalue weighted by molar-refractivity contribution is 9.11. The van der Waals surface area contributed by atoms with Crippen molar-refractivity contribution in [3.8, 4) is 0 Å². The van der Waals surface area contributed by atoms with E-state index in [-0.39, 0.29) is 11.9 Å². The van der Waals surface area contributed by atoms with Crippen molar-refractivity contribution in [3.63, 3.8) is 0 Å². The van der Waals surface area contributed by atoms with Crippen molar-refractivity contribution >= 4 is 49.1 Å². The lowest BCUT2D eigenvalue weighted by Crippen LogP contribution is -2.32. The summed E-state index contributed by atoms with van der Waals surface area (Å²) in [4.78, 5) is 12.3. The predicted molar refractivity (Wildman–Crippen MR) is 88.0 cm³/mol. The van der Waals surface area contributed by atoms with E-state index >= 15 is 0 Å².